The molecule has 1 aromatic carbocycles. The van der Waals surface area contributed by atoms with Gasteiger partial charge in [0.05, 0.1) is 0 Å². The van der Waals surface area contributed by atoms with Crippen molar-refractivity contribution >= 4 is 5.91 Å². The molecule has 1 N–H and O–H groups in total. The zero-order valence-electron chi connectivity index (χ0n) is 13.3. The van der Waals surface area contributed by atoms with Gasteiger partial charge in [0.25, 0.3) is 5.91 Å². The number of hydrogen-bond donors (Lipinski definition) is 1. The maximum absolute atomic E-state index is 12.1. The Balaban J connectivity index is 1.77. The molecule has 0 aliphatic carbocycles. The quantitative estimate of drug-likeness (QED) is 0.904. The van der Waals surface area contributed by atoms with Crippen molar-refractivity contribution in [3.8, 4) is 0 Å². The van der Waals surface area contributed by atoms with E-state index in [2.05, 4.69) is 34.5 Å². The minimum absolute atomic E-state index is 0.0218. The predicted molar refractivity (Wildman–Crippen MR) is 84.0 cm³/mol. The fourth-order valence-electron chi connectivity index (χ4n) is 2.53. The molecule has 1 amide bonds. The second-order valence-electron chi connectivity index (χ2n) is 6.22. The lowest BCUT2D eigenvalue weighted by Gasteiger charge is -2.34. The zero-order chi connectivity index (χ0) is 15.3. The highest BCUT2D eigenvalue weighted by molar-refractivity contribution is 5.84. The van der Waals surface area contributed by atoms with Crippen LogP contribution in [-0.4, -0.2) is 42.6 Å². The van der Waals surface area contributed by atoms with Crippen LogP contribution in [0.25, 0.3) is 0 Å². The number of nitrogens with one attached hydrogen (secondary N) is 1. The lowest BCUT2D eigenvalue weighted by molar-refractivity contribution is -0.140. The average molecular weight is 290 g/mol. The van der Waals surface area contributed by atoms with Crippen LogP contribution in [-0.2, 0) is 16.1 Å². The van der Waals surface area contributed by atoms with Gasteiger partial charge in [-0.1, -0.05) is 30.3 Å². The lowest BCUT2D eigenvalue weighted by Crippen LogP contribution is -2.51. The average Bonchev–Trinajstić information content (AvgIpc) is 2.50. The van der Waals surface area contributed by atoms with E-state index in [0.29, 0.717) is 0 Å². The molecular weight excluding hydrogens is 264 g/mol. The van der Waals surface area contributed by atoms with E-state index in [9.17, 15) is 4.79 Å². The van der Waals surface area contributed by atoms with Gasteiger partial charge in [0.15, 0.2) is 0 Å². The van der Waals surface area contributed by atoms with E-state index in [-0.39, 0.29) is 11.9 Å². The van der Waals surface area contributed by atoms with Gasteiger partial charge in [-0.2, -0.15) is 0 Å². The summed E-state index contributed by atoms with van der Waals surface area (Å²) in [6.45, 7) is 6.63. The van der Waals surface area contributed by atoms with Crippen LogP contribution in [0.15, 0.2) is 30.3 Å². The van der Waals surface area contributed by atoms with Gasteiger partial charge in [0.2, 0.25) is 0 Å². The number of ether oxygens (including phenoxy) is 1. The van der Waals surface area contributed by atoms with Gasteiger partial charge < -0.3 is 10.1 Å². The number of rotatable bonds is 5. The van der Waals surface area contributed by atoms with E-state index >= 15 is 0 Å². The number of amides is 1. The van der Waals surface area contributed by atoms with Crippen molar-refractivity contribution in [3.63, 3.8) is 0 Å². The second-order valence-corrected chi connectivity index (χ2v) is 6.22. The van der Waals surface area contributed by atoms with E-state index in [4.69, 9.17) is 4.74 Å². The Bertz CT molecular complexity index is 451. The first-order valence-corrected chi connectivity index (χ1v) is 7.63. The summed E-state index contributed by atoms with van der Waals surface area (Å²) in [4.78, 5) is 14.5. The molecule has 1 saturated heterocycles. The van der Waals surface area contributed by atoms with Gasteiger partial charge in [0, 0.05) is 32.8 Å². The van der Waals surface area contributed by atoms with Crippen LogP contribution in [0.4, 0.5) is 0 Å². The largest absolute Gasteiger partial charge is 0.369 e. The molecule has 21 heavy (non-hydrogen) atoms. The molecule has 0 saturated carbocycles. The number of methoxy groups -OCH3 is 1. The molecular formula is C17H26N2O2. The first-order valence-electron chi connectivity index (χ1n) is 7.63. The molecule has 1 heterocycles. The van der Waals surface area contributed by atoms with E-state index in [1.807, 2.05) is 6.07 Å². The minimum Gasteiger partial charge on any atom is -0.369 e. The molecule has 0 spiro atoms. The number of hydrogen-bond acceptors (Lipinski definition) is 3. The van der Waals surface area contributed by atoms with Crippen LogP contribution in [0.1, 0.15) is 32.3 Å². The summed E-state index contributed by atoms with van der Waals surface area (Å²) < 4.78 is 5.22. The second kappa shape index (κ2) is 7.05. The van der Waals surface area contributed by atoms with Crippen LogP contribution in [0.5, 0.6) is 0 Å². The number of carbonyl (C=O) groups is 1. The highest BCUT2D eigenvalue weighted by Gasteiger charge is 2.30. The molecule has 0 atom stereocenters. The zero-order valence-corrected chi connectivity index (χ0v) is 13.3. The summed E-state index contributed by atoms with van der Waals surface area (Å²) in [5, 5.41) is 3.10. The first-order chi connectivity index (χ1) is 10.0. The van der Waals surface area contributed by atoms with Crippen LogP contribution in [0.2, 0.25) is 0 Å². The monoisotopic (exact) mass is 290 g/mol. The summed E-state index contributed by atoms with van der Waals surface area (Å²) >= 11 is 0. The molecule has 1 aromatic rings. The normalized spacial score (nSPS) is 17.7. The van der Waals surface area contributed by atoms with E-state index in [1.165, 1.54) is 5.56 Å². The maximum atomic E-state index is 12.1. The van der Waals surface area contributed by atoms with E-state index < -0.39 is 5.60 Å². The minimum atomic E-state index is -0.749. The topological polar surface area (TPSA) is 41.6 Å². The third-order valence-corrected chi connectivity index (χ3v) is 4.23. The molecule has 1 aliphatic rings. The molecule has 0 aromatic heterocycles. The van der Waals surface area contributed by atoms with Gasteiger partial charge in [-0.3, -0.25) is 9.69 Å². The number of nitrogens with zero attached hydrogens (tertiary/aromatic N) is 1. The molecule has 0 bridgehead atoms. The summed E-state index contributed by atoms with van der Waals surface area (Å²) in [5.41, 5.74) is 0.599. The number of carbonyl (C=O) groups excluding carboxylic acids is 1. The summed E-state index contributed by atoms with van der Waals surface area (Å²) in [6.07, 6.45) is 2.00. The van der Waals surface area contributed by atoms with E-state index in [1.54, 1.807) is 21.0 Å². The molecule has 1 aliphatic heterocycles. The van der Waals surface area contributed by atoms with Crippen molar-refractivity contribution in [3.05, 3.63) is 35.9 Å². The Labute approximate surface area is 127 Å². The smallest absolute Gasteiger partial charge is 0.251 e. The molecule has 0 radical (unpaired) electrons. The number of likely N-dealkylation sites (tertiary alicyclic amines) is 1. The summed E-state index contributed by atoms with van der Waals surface area (Å²) in [6, 6.07) is 10.8. The molecule has 1 fully saturated rings. The van der Waals surface area contributed by atoms with Gasteiger partial charge in [-0.05, 0) is 32.3 Å². The number of benzene rings is 1. The molecule has 4 nitrogen and oxygen atoms in total. The molecule has 4 heteroatoms. The third-order valence-electron chi connectivity index (χ3n) is 4.23. The Morgan fingerprint density at radius 2 is 1.90 bits per heavy atom. The molecule has 0 unspecified atom stereocenters. The van der Waals surface area contributed by atoms with Crippen molar-refractivity contribution in [2.75, 3.05) is 20.2 Å². The fourth-order valence-corrected chi connectivity index (χ4v) is 2.53. The van der Waals surface area contributed by atoms with Crippen LogP contribution in [0.3, 0.4) is 0 Å². The first kappa shape index (κ1) is 16.0. The Kier molecular flexibility index (Phi) is 5.37. The fraction of sp³-hybridized carbons (Fsp3) is 0.588. The van der Waals surface area contributed by atoms with Crippen LogP contribution in [0, 0.1) is 0 Å². The maximum Gasteiger partial charge on any atom is 0.251 e. The standard InChI is InChI=1S/C17H26N2O2/c1-17(2,21-3)16(20)18-15-9-11-19(12-10-15)13-14-7-5-4-6-8-14/h4-8,15H,9-13H2,1-3H3,(H,18,20). The Morgan fingerprint density at radius 1 is 1.29 bits per heavy atom. The molecule has 2 rings (SSSR count). The van der Waals surface area contributed by atoms with Gasteiger partial charge in [-0.15, -0.1) is 0 Å². The summed E-state index contributed by atoms with van der Waals surface area (Å²) in [5.74, 6) is -0.0218. The van der Waals surface area contributed by atoms with Crippen molar-refractivity contribution in [2.45, 2.75) is 44.9 Å². The van der Waals surface area contributed by atoms with Crippen molar-refractivity contribution in [1.82, 2.24) is 10.2 Å². The Morgan fingerprint density at radius 3 is 2.48 bits per heavy atom. The SMILES string of the molecule is COC(C)(C)C(=O)NC1CCN(Cc2ccccc2)CC1. The number of piperidine rings is 1. The van der Waals surface area contributed by atoms with Gasteiger partial charge >= 0.3 is 0 Å². The van der Waals surface area contributed by atoms with Crippen molar-refractivity contribution in [2.24, 2.45) is 0 Å². The van der Waals surface area contributed by atoms with Crippen molar-refractivity contribution in [1.29, 1.82) is 0 Å². The van der Waals surface area contributed by atoms with E-state index in [0.717, 1.165) is 32.5 Å². The predicted octanol–water partition coefficient (Wildman–Crippen LogP) is 2.19. The Hall–Kier alpha value is -1.39. The summed E-state index contributed by atoms with van der Waals surface area (Å²) in [7, 11) is 1.57. The van der Waals surface area contributed by atoms with Gasteiger partial charge in [0.1, 0.15) is 5.60 Å². The van der Waals surface area contributed by atoms with Crippen LogP contribution < -0.4 is 5.32 Å². The third kappa shape index (κ3) is 4.55. The highest BCUT2D eigenvalue weighted by atomic mass is 16.5. The lowest BCUT2D eigenvalue weighted by atomic mass is 10.0. The van der Waals surface area contributed by atoms with Crippen molar-refractivity contribution < 1.29 is 9.53 Å². The molecule has 116 valence electrons. The highest BCUT2D eigenvalue weighted by Crippen LogP contribution is 2.15. The van der Waals surface area contributed by atoms with Gasteiger partial charge in [-0.25, -0.2) is 0 Å². The van der Waals surface area contributed by atoms with Crippen LogP contribution >= 0.6 is 0 Å².